The maximum atomic E-state index is 12.4. The maximum Gasteiger partial charge on any atom is 0.223 e. The van der Waals surface area contributed by atoms with Gasteiger partial charge in [0.15, 0.2) is 5.17 Å². The van der Waals surface area contributed by atoms with Crippen LogP contribution in [-0.4, -0.2) is 66.0 Å². The average Bonchev–Trinajstić information content (AvgIpc) is 3.06. The van der Waals surface area contributed by atoms with E-state index >= 15 is 0 Å². The highest BCUT2D eigenvalue weighted by Crippen LogP contribution is 2.23. The van der Waals surface area contributed by atoms with Gasteiger partial charge in [-0.2, -0.15) is 0 Å². The Labute approximate surface area is 148 Å². The second-order valence-corrected chi connectivity index (χ2v) is 7.68. The third-order valence-electron chi connectivity index (χ3n) is 4.45. The van der Waals surface area contributed by atoms with Gasteiger partial charge in [0.2, 0.25) is 5.91 Å². The number of piperazine rings is 1. The number of rotatable bonds is 4. The third-order valence-corrected chi connectivity index (χ3v) is 5.60. The molecule has 5 nitrogen and oxygen atoms in total. The zero-order valence-electron chi connectivity index (χ0n) is 14.4. The van der Waals surface area contributed by atoms with Gasteiger partial charge in [0, 0.05) is 37.8 Å². The predicted octanol–water partition coefficient (Wildman–Crippen LogP) is 2.26. The summed E-state index contributed by atoms with van der Waals surface area (Å²) in [5, 5.41) is 1.74. The van der Waals surface area contributed by atoms with Crippen molar-refractivity contribution >= 4 is 22.8 Å². The number of carbonyl (C=O) groups is 1. The van der Waals surface area contributed by atoms with Gasteiger partial charge in [0.25, 0.3) is 0 Å². The van der Waals surface area contributed by atoms with Crippen molar-refractivity contribution in [2.24, 2.45) is 4.99 Å². The summed E-state index contributed by atoms with van der Waals surface area (Å²) in [6.45, 7) is 6.50. The Kier molecular flexibility index (Phi) is 5.66. The van der Waals surface area contributed by atoms with Gasteiger partial charge in [0.1, 0.15) is 5.75 Å². The minimum Gasteiger partial charge on any atom is -0.497 e. The molecule has 24 heavy (non-hydrogen) atoms. The summed E-state index contributed by atoms with van der Waals surface area (Å²) < 4.78 is 5.23. The lowest BCUT2D eigenvalue weighted by molar-refractivity contribution is -0.132. The van der Waals surface area contributed by atoms with Crippen molar-refractivity contribution in [3.63, 3.8) is 0 Å². The summed E-state index contributed by atoms with van der Waals surface area (Å²) in [7, 11) is 1.66. The molecule has 0 aromatic heterocycles. The Morgan fingerprint density at radius 1 is 1.33 bits per heavy atom. The number of hydrogen-bond acceptors (Lipinski definition) is 5. The van der Waals surface area contributed by atoms with E-state index < -0.39 is 0 Å². The zero-order valence-corrected chi connectivity index (χ0v) is 15.2. The van der Waals surface area contributed by atoms with Crippen LogP contribution in [0, 0.1) is 0 Å². The molecule has 1 saturated heterocycles. The molecule has 130 valence electrons. The lowest BCUT2D eigenvalue weighted by Gasteiger charge is -2.35. The number of amides is 1. The molecule has 6 heteroatoms. The van der Waals surface area contributed by atoms with E-state index in [1.807, 2.05) is 40.9 Å². The monoisotopic (exact) mass is 347 g/mol. The Hall–Kier alpha value is -1.69. The molecule has 1 amide bonds. The standard InChI is InChI=1S/C18H25N3O2S/c1-14-13-19-18(24-14)21-10-8-20(9-11-21)17(22)7-6-15-4-3-5-16(12-15)23-2/h3-5,12,14H,6-11,13H2,1-2H3/t14-/m0/s1. The van der Waals surface area contributed by atoms with Gasteiger partial charge in [-0.1, -0.05) is 30.8 Å². The lowest BCUT2D eigenvalue weighted by Crippen LogP contribution is -2.49. The Morgan fingerprint density at radius 2 is 2.12 bits per heavy atom. The molecule has 3 rings (SSSR count). The highest BCUT2D eigenvalue weighted by atomic mass is 32.2. The summed E-state index contributed by atoms with van der Waals surface area (Å²) in [4.78, 5) is 21.3. The average molecular weight is 347 g/mol. The number of nitrogens with zero attached hydrogens (tertiary/aromatic N) is 3. The van der Waals surface area contributed by atoms with Crippen molar-refractivity contribution in [3.05, 3.63) is 29.8 Å². The lowest BCUT2D eigenvalue weighted by atomic mass is 10.1. The molecular formula is C18H25N3O2S. The first-order chi connectivity index (χ1) is 11.7. The topological polar surface area (TPSA) is 45.1 Å². The SMILES string of the molecule is COc1cccc(CCC(=O)N2CCN(C3=NC[C@H](C)S3)CC2)c1. The van der Waals surface area contributed by atoms with Crippen molar-refractivity contribution in [3.8, 4) is 5.75 Å². The second kappa shape index (κ2) is 7.92. The molecule has 0 radical (unpaired) electrons. The van der Waals surface area contributed by atoms with Crippen molar-refractivity contribution in [2.75, 3.05) is 39.8 Å². The molecule has 1 fully saturated rings. The number of ether oxygens (including phenoxy) is 1. The fraction of sp³-hybridized carbons (Fsp3) is 0.556. The van der Waals surface area contributed by atoms with Crippen LogP contribution >= 0.6 is 11.8 Å². The van der Waals surface area contributed by atoms with Crippen molar-refractivity contribution in [2.45, 2.75) is 25.0 Å². The maximum absolute atomic E-state index is 12.4. The van der Waals surface area contributed by atoms with Crippen LogP contribution < -0.4 is 4.74 Å². The first kappa shape index (κ1) is 17.1. The Bertz CT molecular complexity index is 612. The number of hydrogen-bond donors (Lipinski definition) is 0. The molecule has 1 aromatic rings. The summed E-state index contributed by atoms with van der Waals surface area (Å²) in [6, 6.07) is 7.94. The number of aryl methyl sites for hydroxylation is 1. The molecule has 0 saturated carbocycles. The van der Waals surface area contributed by atoms with E-state index in [2.05, 4.69) is 16.8 Å². The van der Waals surface area contributed by atoms with Gasteiger partial charge >= 0.3 is 0 Å². The second-order valence-electron chi connectivity index (χ2n) is 6.27. The molecule has 0 unspecified atom stereocenters. The van der Waals surface area contributed by atoms with Crippen molar-refractivity contribution < 1.29 is 9.53 Å². The number of aliphatic imine (C=N–C) groups is 1. The van der Waals surface area contributed by atoms with E-state index in [1.165, 1.54) is 0 Å². The number of benzene rings is 1. The number of methoxy groups -OCH3 is 1. The van der Waals surface area contributed by atoms with Gasteiger partial charge in [0.05, 0.1) is 13.7 Å². The number of thioether (sulfide) groups is 1. The normalized spacial score (nSPS) is 20.9. The predicted molar refractivity (Wildman–Crippen MR) is 98.8 cm³/mol. The fourth-order valence-corrected chi connectivity index (χ4v) is 4.01. The minimum absolute atomic E-state index is 0.242. The van der Waals surface area contributed by atoms with Gasteiger partial charge in [-0.3, -0.25) is 9.79 Å². The van der Waals surface area contributed by atoms with Gasteiger partial charge in [-0.05, 0) is 24.1 Å². The largest absolute Gasteiger partial charge is 0.497 e. The first-order valence-electron chi connectivity index (χ1n) is 8.52. The van der Waals surface area contributed by atoms with Crippen LogP contribution in [0.3, 0.4) is 0 Å². The molecule has 2 aliphatic heterocycles. The van der Waals surface area contributed by atoms with Crippen LogP contribution in [0.25, 0.3) is 0 Å². The molecule has 0 spiro atoms. The zero-order chi connectivity index (χ0) is 16.9. The van der Waals surface area contributed by atoms with E-state index in [0.29, 0.717) is 11.7 Å². The Morgan fingerprint density at radius 3 is 2.79 bits per heavy atom. The summed E-state index contributed by atoms with van der Waals surface area (Å²) in [5.41, 5.74) is 1.15. The molecular weight excluding hydrogens is 322 g/mol. The van der Waals surface area contributed by atoms with Crippen molar-refractivity contribution in [1.82, 2.24) is 9.80 Å². The van der Waals surface area contributed by atoms with E-state index in [-0.39, 0.29) is 5.91 Å². The first-order valence-corrected chi connectivity index (χ1v) is 9.40. The molecule has 1 aromatic carbocycles. The summed E-state index contributed by atoms with van der Waals surface area (Å²) >= 11 is 1.85. The van der Waals surface area contributed by atoms with Crippen LogP contribution in [0.2, 0.25) is 0 Å². The minimum atomic E-state index is 0.242. The fourth-order valence-electron chi connectivity index (χ4n) is 3.02. The number of amidine groups is 1. The Balaban J connectivity index is 1.45. The third kappa shape index (κ3) is 4.23. The molecule has 0 bridgehead atoms. The van der Waals surface area contributed by atoms with Gasteiger partial charge in [-0.25, -0.2) is 0 Å². The quantitative estimate of drug-likeness (QED) is 0.838. The van der Waals surface area contributed by atoms with Crippen molar-refractivity contribution in [1.29, 1.82) is 0 Å². The summed E-state index contributed by atoms with van der Waals surface area (Å²) in [5.74, 6) is 1.09. The van der Waals surface area contributed by atoms with Crippen LogP contribution in [0.1, 0.15) is 18.9 Å². The van der Waals surface area contributed by atoms with E-state index in [4.69, 9.17) is 4.74 Å². The molecule has 0 N–H and O–H groups in total. The highest BCUT2D eigenvalue weighted by molar-refractivity contribution is 8.14. The van der Waals surface area contributed by atoms with Gasteiger partial charge in [-0.15, -0.1) is 0 Å². The molecule has 2 heterocycles. The molecule has 1 atom stereocenters. The van der Waals surface area contributed by atoms with Gasteiger partial charge < -0.3 is 14.5 Å². The summed E-state index contributed by atoms with van der Waals surface area (Å²) in [6.07, 6.45) is 1.32. The van der Waals surface area contributed by atoms with Crippen LogP contribution in [0.15, 0.2) is 29.3 Å². The van der Waals surface area contributed by atoms with Crippen LogP contribution in [-0.2, 0) is 11.2 Å². The molecule has 0 aliphatic carbocycles. The van der Waals surface area contributed by atoms with E-state index in [9.17, 15) is 4.79 Å². The van der Waals surface area contributed by atoms with E-state index in [1.54, 1.807) is 7.11 Å². The highest BCUT2D eigenvalue weighted by Gasteiger charge is 2.26. The molecule has 2 aliphatic rings. The van der Waals surface area contributed by atoms with Crippen LogP contribution in [0.4, 0.5) is 0 Å². The van der Waals surface area contributed by atoms with E-state index in [0.717, 1.165) is 55.6 Å². The smallest absolute Gasteiger partial charge is 0.223 e. The van der Waals surface area contributed by atoms with Crippen LogP contribution in [0.5, 0.6) is 5.75 Å². The number of carbonyl (C=O) groups excluding carboxylic acids is 1.